The molecule has 0 unspecified atom stereocenters. The lowest BCUT2D eigenvalue weighted by atomic mass is 10.0. The number of imidazole rings is 1. The Labute approximate surface area is 313 Å². The van der Waals surface area contributed by atoms with Gasteiger partial charge < -0.3 is 4.90 Å². The van der Waals surface area contributed by atoms with Crippen molar-refractivity contribution in [3.05, 3.63) is 169 Å². The second kappa shape index (κ2) is 17.4. The van der Waals surface area contributed by atoms with Gasteiger partial charge in [-0.1, -0.05) is 99.5 Å². The fourth-order valence-electron chi connectivity index (χ4n) is 6.46. The van der Waals surface area contributed by atoms with Crippen LogP contribution in [0.1, 0.15) is 56.2 Å². The molecule has 4 aromatic heterocycles. The number of anilines is 1. The van der Waals surface area contributed by atoms with E-state index in [0.29, 0.717) is 0 Å². The number of hydrogen-bond acceptors (Lipinski definition) is 4. The lowest BCUT2D eigenvalue weighted by molar-refractivity contribution is -0.687. The van der Waals surface area contributed by atoms with Gasteiger partial charge in [-0.2, -0.15) is 0 Å². The van der Waals surface area contributed by atoms with Crippen molar-refractivity contribution in [1.82, 2.24) is 19.5 Å². The van der Waals surface area contributed by atoms with Crippen LogP contribution in [0.4, 0.5) is 5.69 Å². The van der Waals surface area contributed by atoms with Crippen LogP contribution in [-0.2, 0) is 6.54 Å². The first-order valence-corrected chi connectivity index (χ1v) is 18.8. The molecule has 0 radical (unpaired) electrons. The van der Waals surface area contributed by atoms with Crippen molar-refractivity contribution in [2.24, 2.45) is 0 Å². The molecule has 0 aliphatic carbocycles. The molecule has 0 aliphatic rings. The Morgan fingerprint density at radius 1 is 0.623 bits per heavy atom. The number of pyridine rings is 3. The molecule has 6 nitrogen and oxygen atoms in total. The average molecular weight is 696 g/mol. The smallest absolute Gasteiger partial charge is 0.249 e. The van der Waals surface area contributed by atoms with Crippen LogP contribution in [0.3, 0.4) is 0 Å². The maximum Gasteiger partial charge on any atom is 0.249 e. The van der Waals surface area contributed by atoms with Gasteiger partial charge in [-0.05, 0) is 101 Å². The van der Waals surface area contributed by atoms with Crippen LogP contribution in [0.15, 0.2) is 152 Å². The third kappa shape index (κ3) is 9.21. The first kappa shape index (κ1) is 35.3. The van der Waals surface area contributed by atoms with Gasteiger partial charge in [0.25, 0.3) is 0 Å². The highest BCUT2D eigenvalue weighted by Crippen LogP contribution is 2.29. The molecule has 0 saturated carbocycles. The Kier molecular flexibility index (Phi) is 11.6. The zero-order valence-corrected chi connectivity index (χ0v) is 30.7. The van der Waals surface area contributed by atoms with Crippen LogP contribution >= 0.6 is 0 Å². The predicted molar refractivity (Wildman–Crippen MR) is 219 cm³/mol. The Bertz CT molecular complexity index is 2140. The van der Waals surface area contributed by atoms with Crippen LogP contribution in [-0.4, -0.2) is 32.6 Å². The molecule has 0 aliphatic heterocycles. The van der Waals surface area contributed by atoms with Crippen LogP contribution in [0.2, 0.25) is 0 Å². The maximum atomic E-state index is 4.91. The molecule has 7 aromatic rings. The van der Waals surface area contributed by atoms with Gasteiger partial charge in [0.1, 0.15) is 24.6 Å². The summed E-state index contributed by atoms with van der Waals surface area (Å²) in [5.74, 6) is 0. The summed E-state index contributed by atoms with van der Waals surface area (Å²) in [4.78, 5) is 16.6. The lowest BCUT2D eigenvalue weighted by Crippen LogP contribution is -2.31. The fraction of sp³-hybridized carbons (Fsp3) is 0.191. The quantitative estimate of drug-likeness (QED) is 0.0791. The summed E-state index contributed by atoms with van der Waals surface area (Å²) in [6.07, 6.45) is 19.3. The van der Waals surface area contributed by atoms with Gasteiger partial charge in [-0.3, -0.25) is 9.97 Å². The monoisotopic (exact) mass is 695 g/mol. The van der Waals surface area contributed by atoms with Crippen molar-refractivity contribution in [2.75, 3.05) is 18.0 Å². The summed E-state index contributed by atoms with van der Waals surface area (Å²) >= 11 is 0. The summed E-state index contributed by atoms with van der Waals surface area (Å²) in [5.41, 5.74) is 11.6. The lowest BCUT2D eigenvalue weighted by Gasteiger charge is -2.24. The van der Waals surface area contributed by atoms with Crippen LogP contribution in [0.25, 0.3) is 51.7 Å². The third-order valence-electron chi connectivity index (χ3n) is 9.50. The minimum atomic E-state index is 0.774. The van der Waals surface area contributed by atoms with Crippen LogP contribution < -0.4 is 9.47 Å². The van der Waals surface area contributed by atoms with Gasteiger partial charge >= 0.3 is 0 Å². The first-order valence-electron chi connectivity index (χ1n) is 18.8. The second-order valence-corrected chi connectivity index (χ2v) is 13.5. The molecule has 0 N–H and O–H groups in total. The molecule has 0 bridgehead atoms. The van der Waals surface area contributed by atoms with E-state index in [4.69, 9.17) is 4.98 Å². The van der Waals surface area contributed by atoms with Gasteiger partial charge in [0.2, 0.25) is 6.33 Å². The molecule has 6 heteroatoms. The molecule has 7 rings (SSSR count). The Balaban J connectivity index is 0.997. The van der Waals surface area contributed by atoms with Crippen molar-refractivity contribution in [2.45, 2.75) is 46.1 Å². The number of nitrogens with zero attached hydrogens (tertiary/aromatic N) is 6. The summed E-state index contributed by atoms with van der Waals surface area (Å²) in [7, 11) is 0. The zero-order valence-electron chi connectivity index (χ0n) is 30.7. The highest BCUT2D eigenvalue weighted by molar-refractivity contribution is 5.75. The van der Waals surface area contributed by atoms with Crippen LogP contribution in [0.5, 0.6) is 0 Å². The molecule has 0 spiro atoms. The van der Waals surface area contributed by atoms with Crippen LogP contribution in [0, 0.1) is 0 Å². The van der Waals surface area contributed by atoms with Crippen molar-refractivity contribution in [1.29, 1.82) is 0 Å². The van der Waals surface area contributed by atoms with E-state index in [1.54, 1.807) is 12.4 Å². The van der Waals surface area contributed by atoms with E-state index in [2.05, 4.69) is 154 Å². The standard InChI is InChI=1S/C47H47N6/c1-3-5-29-52(30-6-4-2)42-23-17-37(18-24-42)13-14-38-19-25-43(26-20-38)53-32-31-51(36-53)35-39-15-21-40(22-16-39)41-33-46(44-11-7-9-27-48-44)50-47(34-41)45-12-8-10-28-49-45/h7-28,31-34,36H,3-6,29-30,35H2,1-2H3/q+1/b14-13+. The molecular formula is C47H47N6+. The molecular weight excluding hydrogens is 649 g/mol. The van der Waals surface area contributed by atoms with Gasteiger partial charge in [0.15, 0.2) is 0 Å². The summed E-state index contributed by atoms with van der Waals surface area (Å²) in [6, 6.07) is 42.5. The van der Waals surface area contributed by atoms with E-state index in [-0.39, 0.29) is 0 Å². The molecule has 0 saturated heterocycles. The SMILES string of the molecule is CCCCN(CCCC)c1ccc(/C=C/c2ccc(-n3cc[n+](Cc4ccc(-c5cc(-c6ccccn6)nc(-c6ccccn6)c5)cc4)c3)cc2)cc1. The number of aromatic nitrogens is 5. The van der Waals surface area contributed by atoms with Crippen molar-refractivity contribution < 1.29 is 4.57 Å². The van der Waals surface area contributed by atoms with Gasteiger partial charge in [0, 0.05) is 31.2 Å². The van der Waals surface area contributed by atoms with Gasteiger partial charge in [-0.15, -0.1) is 0 Å². The van der Waals surface area contributed by atoms with Crippen molar-refractivity contribution in [3.8, 4) is 39.6 Å². The summed E-state index contributed by atoms with van der Waals surface area (Å²) < 4.78 is 4.38. The van der Waals surface area contributed by atoms with Gasteiger partial charge in [0.05, 0.1) is 22.8 Å². The number of unbranched alkanes of at least 4 members (excludes halogenated alkanes) is 2. The normalized spacial score (nSPS) is 11.3. The van der Waals surface area contributed by atoms with E-state index in [1.165, 1.54) is 48.1 Å². The topological polar surface area (TPSA) is 50.7 Å². The zero-order chi connectivity index (χ0) is 36.2. The van der Waals surface area contributed by atoms with E-state index >= 15 is 0 Å². The maximum absolute atomic E-state index is 4.91. The molecule has 0 amide bonds. The van der Waals surface area contributed by atoms with E-state index < -0.39 is 0 Å². The molecule has 53 heavy (non-hydrogen) atoms. The number of hydrogen-bond donors (Lipinski definition) is 0. The van der Waals surface area contributed by atoms with Crippen molar-refractivity contribution >= 4 is 17.8 Å². The van der Waals surface area contributed by atoms with E-state index in [0.717, 1.165) is 59.2 Å². The molecule has 0 atom stereocenters. The van der Waals surface area contributed by atoms with Crippen molar-refractivity contribution in [3.63, 3.8) is 0 Å². The molecule has 264 valence electrons. The first-order chi connectivity index (χ1) is 26.1. The fourth-order valence-corrected chi connectivity index (χ4v) is 6.46. The highest BCUT2D eigenvalue weighted by Gasteiger charge is 2.12. The summed E-state index contributed by atoms with van der Waals surface area (Å²) in [5, 5.41) is 0. The average Bonchev–Trinajstić information content (AvgIpc) is 3.70. The highest BCUT2D eigenvalue weighted by atomic mass is 15.1. The van der Waals surface area contributed by atoms with Gasteiger partial charge in [-0.25, -0.2) is 14.1 Å². The minimum absolute atomic E-state index is 0.774. The Morgan fingerprint density at radius 3 is 1.75 bits per heavy atom. The number of benzene rings is 3. The Morgan fingerprint density at radius 2 is 1.21 bits per heavy atom. The molecule has 0 fully saturated rings. The second-order valence-electron chi connectivity index (χ2n) is 13.5. The third-order valence-corrected chi connectivity index (χ3v) is 9.50. The van der Waals surface area contributed by atoms with E-state index in [9.17, 15) is 0 Å². The van der Waals surface area contributed by atoms with E-state index in [1.807, 2.05) is 36.4 Å². The number of rotatable bonds is 15. The summed E-state index contributed by atoms with van der Waals surface area (Å²) in [6.45, 7) is 7.56. The molecule has 3 aromatic carbocycles. The predicted octanol–water partition coefficient (Wildman–Crippen LogP) is 10.6. The largest absolute Gasteiger partial charge is 0.372 e. The molecule has 4 heterocycles. The minimum Gasteiger partial charge on any atom is -0.372 e. The Hall–Kier alpha value is -6.14.